The first-order valence-electron chi connectivity index (χ1n) is 7.42. The predicted octanol–water partition coefficient (Wildman–Crippen LogP) is 3.02. The van der Waals surface area contributed by atoms with Gasteiger partial charge in [-0.15, -0.1) is 16.4 Å². The van der Waals surface area contributed by atoms with Gasteiger partial charge in [0.2, 0.25) is 5.65 Å². The normalized spacial score (nSPS) is 16.1. The summed E-state index contributed by atoms with van der Waals surface area (Å²) in [5.41, 5.74) is 1.61. The number of piperidine rings is 1. The second-order valence-electron chi connectivity index (χ2n) is 5.50. The molecule has 0 spiro atoms. The molecule has 0 saturated carbocycles. The van der Waals surface area contributed by atoms with E-state index in [1.165, 1.54) is 11.3 Å². The van der Waals surface area contributed by atoms with E-state index in [2.05, 4.69) is 15.3 Å². The molecule has 3 aromatic rings. The highest BCUT2D eigenvalue weighted by Crippen LogP contribution is 2.28. The van der Waals surface area contributed by atoms with Gasteiger partial charge in [-0.3, -0.25) is 4.79 Å². The Bertz CT molecular complexity index is 852. The Morgan fingerprint density at radius 3 is 2.87 bits per heavy atom. The molecule has 1 aliphatic heterocycles. The van der Waals surface area contributed by atoms with Gasteiger partial charge in [-0.2, -0.15) is 0 Å². The molecule has 23 heavy (non-hydrogen) atoms. The van der Waals surface area contributed by atoms with E-state index in [9.17, 15) is 4.79 Å². The fourth-order valence-electron chi connectivity index (χ4n) is 2.96. The first-order chi connectivity index (χ1) is 11.2. The van der Waals surface area contributed by atoms with Crippen LogP contribution in [0.2, 0.25) is 5.02 Å². The smallest absolute Gasteiger partial charge is 0.265 e. The lowest BCUT2D eigenvalue weighted by atomic mass is 10.0. The number of aromatic nitrogens is 4. The Labute approximate surface area is 141 Å². The lowest BCUT2D eigenvalue weighted by Crippen LogP contribution is -2.39. The predicted molar refractivity (Wildman–Crippen MR) is 88.8 cm³/mol. The van der Waals surface area contributed by atoms with Crippen LogP contribution in [0.15, 0.2) is 29.8 Å². The SMILES string of the molecule is O=C(c1sccc1Cl)N1CCC(n2nnc3ncccc32)CC1. The fraction of sp³-hybridized carbons (Fsp3) is 0.333. The van der Waals surface area contributed by atoms with E-state index in [0.717, 1.165) is 18.4 Å². The molecule has 6 nitrogen and oxygen atoms in total. The van der Waals surface area contributed by atoms with Crippen LogP contribution in [0.4, 0.5) is 0 Å². The third-order valence-corrected chi connectivity index (χ3v) is 5.49. The summed E-state index contributed by atoms with van der Waals surface area (Å²) in [5.74, 6) is 0.0218. The summed E-state index contributed by atoms with van der Waals surface area (Å²) in [5, 5.41) is 10.7. The topological polar surface area (TPSA) is 63.9 Å². The fourth-order valence-corrected chi connectivity index (χ4v) is 4.06. The maximum absolute atomic E-state index is 12.5. The number of likely N-dealkylation sites (tertiary alicyclic amines) is 1. The van der Waals surface area contributed by atoms with E-state index in [0.29, 0.717) is 28.6 Å². The minimum Gasteiger partial charge on any atom is -0.338 e. The number of rotatable bonds is 2. The van der Waals surface area contributed by atoms with Crippen LogP contribution in [0, 0.1) is 0 Å². The van der Waals surface area contributed by atoms with E-state index in [1.54, 1.807) is 12.3 Å². The molecule has 0 unspecified atom stereocenters. The summed E-state index contributed by atoms with van der Waals surface area (Å²) in [6, 6.07) is 5.87. The van der Waals surface area contributed by atoms with Gasteiger partial charge in [0.1, 0.15) is 10.4 Å². The Morgan fingerprint density at radius 1 is 1.30 bits per heavy atom. The number of pyridine rings is 1. The molecule has 0 aromatic carbocycles. The average Bonchev–Trinajstić information content (AvgIpc) is 3.20. The van der Waals surface area contributed by atoms with Crippen molar-refractivity contribution in [3.8, 4) is 0 Å². The molecule has 1 aliphatic rings. The van der Waals surface area contributed by atoms with Crippen LogP contribution < -0.4 is 0 Å². The zero-order chi connectivity index (χ0) is 15.8. The van der Waals surface area contributed by atoms with Crippen LogP contribution in [0.25, 0.3) is 11.2 Å². The van der Waals surface area contributed by atoms with Crippen molar-refractivity contribution in [2.45, 2.75) is 18.9 Å². The molecule has 0 aliphatic carbocycles. The highest BCUT2D eigenvalue weighted by molar-refractivity contribution is 7.12. The van der Waals surface area contributed by atoms with Crippen molar-refractivity contribution in [1.29, 1.82) is 0 Å². The third kappa shape index (κ3) is 2.60. The van der Waals surface area contributed by atoms with Crippen molar-refractivity contribution in [2.24, 2.45) is 0 Å². The summed E-state index contributed by atoms with van der Waals surface area (Å²) >= 11 is 7.46. The number of carbonyl (C=O) groups is 1. The van der Waals surface area contributed by atoms with Crippen LogP contribution in [0.3, 0.4) is 0 Å². The van der Waals surface area contributed by atoms with Crippen LogP contribution in [-0.2, 0) is 0 Å². The number of thiophene rings is 1. The summed E-state index contributed by atoms with van der Waals surface area (Å²) in [7, 11) is 0. The molecule has 1 fully saturated rings. The van der Waals surface area contributed by atoms with Gasteiger partial charge >= 0.3 is 0 Å². The zero-order valence-electron chi connectivity index (χ0n) is 12.2. The van der Waals surface area contributed by atoms with E-state index >= 15 is 0 Å². The molecular formula is C15H14ClN5OS. The number of carbonyl (C=O) groups excluding carboxylic acids is 1. The zero-order valence-corrected chi connectivity index (χ0v) is 13.8. The van der Waals surface area contributed by atoms with Gasteiger partial charge in [-0.1, -0.05) is 16.8 Å². The van der Waals surface area contributed by atoms with Gasteiger partial charge in [-0.05, 0) is 36.4 Å². The molecule has 1 saturated heterocycles. The molecule has 4 rings (SSSR count). The second-order valence-corrected chi connectivity index (χ2v) is 6.82. The number of amides is 1. The van der Waals surface area contributed by atoms with Gasteiger partial charge in [0.25, 0.3) is 5.91 Å². The number of halogens is 1. The number of hydrogen-bond acceptors (Lipinski definition) is 5. The molecule has 0 N–H and O–H groups in total. The van der Waals surface area contributed by atoms with E-state index < -0.39 is 0 Å². The van der Waals surface area contributed by atoms with Gasteiger partial charge < -0.3 is 4.90 Å². The average molecular weight is 348 g/mol. The van der Waals surface area contributed by atoms with Crippen LogP contribution >= 0.6 is 22.9 Å². The van der Waals surface area contributed by atoms with E-state index in [1.807, 2.05) is 27.1 Å². The summed E-state index contributed by atoms with van der Waals surface area (Å²) in [4.78, 5) is 19.2. The molecule has 0 radical (unpaired) electrons. The van der Waals surface area contributed by atoms with Crippen molar-refractivity contribution in [1.82, 2.24) is 24.9 Å². The molecule has 118 valence electrons. The van der Waals surface area contributed by atoms with Crippen molar-refractivity contribution < 1.29 is 4.79 Å². The number of fused-ring (bicyclic) bond motifs is 1. The number of nitrogens with zero attached hydrogens (tertiary/aromatic N) is 5. The minimum atomic E-state index is 0.0218. The third-order valence-electron chi connectivity index (χ3n) is 4.16. The van der Waals surface area contributed by atoms with Crippen molar-refractivity contribution in [3.05, 3.63) is 39.7 Å². The van der Waals surface area contributed by atoms with Gasteiger partial charge in [0.05, 0.1) is 11.1 Å². The van der Waals surface area contributed by atoms with Crippen LogP contribution in [0.5, 0.6) is 0 Å². The first-order valence-corrected chi connectivity index (χ1v) is 8.68. The molecular weight excluding hydrogens is 334 g/mol. The summed E-state index contributed by atoms with van der Waals surface area (Å²) < 4.78 is 1.93. The minimum absolute atomic E-state index is 0.0218. The van der Waals surface area contributed by atoms with Crippen molar-refractivity contribution in [3.63, 3.8) is 0 Å². The Balaban J connectivity index is 1.49. The standard InChI is InChI=1S/C15H14ClN5OS/c16-11-5-9-23-13(11)15(22)20-7-3-10(4-8-20)21-12-2-1-6-17-14(12)18-19-21/h1-2,5-6,9-10H,3-4,7-8H2. The maximum Gasteiger partial charge on any atom is 0.265 e. The highest BCUT2D eigenvalue weighted by atomic mass is 35.5. The number of hydrogen-bond donors (Lipinski definition) is 0. The molecule has 0 bridgehead atoms. The lowest BCUT2D eigenvalue weighted by Gasteiger charge is -2.31. The largest absolute Gasteiger partial charge is 0.338 e. The molecule has 3 aromatic heterocycles. The maximum atomic E-state index is 12.5. The van der Waals surface area contributed by atoms with Crippen LogP contribution in [0.1, 0.15) is 28.6 Å². The Hall–Kier alpha value is -1.99. The quantitative estimate of drug-likeness (QED) is 0.714. The van der Waals surface area contributed by atoms with Gasteiger partial charge in [-0.25, -0.2) is 9.67 Å². The molecule has 8 heteroatoms. The molecule has 1 amide bonds. The lowest BCUT2D eigenvalue weighted by molar-refractivity contribution is 0.0696. The molecule has 4 heterocycles. The Kier molecular flexibility index (Phi) is 3.74. The first kappa shape index (κ1) is 14.6. The van der Waals surface area contributed by atoms with Crippen molar-refractivity contribution in [2.75, 3.05) is 13.1 Å². The summed E-state index contributed by atoms with van der Waals surface area (Å²) in [6.07, 6.45) is 3.41. The Morgan fingerprint density at radius 2 is 2.13 bits per heavy atom. The van der Waals surface area contributed by atoms with E-state index in [-0.39, 0.29) is 11.9 Å². The van der Waals surface area contributed by atoms with Gasteiger partial charge in [0.15, 0.2) is 0 Å². The van der Waals surface area contributed by atoms with Crippen molar-refractivity contribution >= 4 is 40.0 Å². The highest BCUT2D eigenvalue weighted by Gasteiger charge is 2.27. The summed E-state index contributed by atoms with van der Waals surface area (Å²) in [6.45, 7) is 1.39. The second kappa shape index (κ2) is 5.90. The van der Waals surface area contributed by atoms with Crippen LogP contribution in [-0.4, -0.2) is 43.9 Å². The van der Waals surface area contributed by atoms with Gasteiger partial charge in [0, 0.05) is 19.3 Å². The monoisotopic (exact) mass is 347 g/mol. The van der Waals surface area contributed by atoms with E-state index in [4.69, 9.17) is 11.6 Å². The molecule has 0 atom stereocenters.